The molecule has 0 radical (unpaired) electrons. The predicted molar refractivity (Wildman–Crippen MR) is 119 cm³/mol. The van der Waals surface area contributed by atoms with Crippen molar-refractivity contribution in [1.82, 2.24) is 14.7 Å². The molecule has 3 rings (SSSR count). The van der Waals surface area contributed by atoms with Crippen molar-refractivity contribution in [2.75, 3.05) is 31.6 Å². The number of methoxy groups -OCH3 is 1. The first-order chi connectivity index (χ1) is 14.0. The second-order valence-corrected chi connectivity index (χ2v) is 8.95. The number of hydrogen-bond acceptors (Lipinski definition) is 5. The van der Waals surface area contributed by atoms with Gasteiger partial charge in [0.05, 0.1) is 28.5 Å². The second kappa shape index (κ2) is 8.65. The number of benzene rings is 1. The number of hydrogen-bond donors (Lipinski definition) is 1. The number of anilines is 1. The van der Waals surface area contributed by atoms with E-state index < -0.39 is 5.60 Å². The van der Waals surface area contributed by atoms with E-state index in [1.54, 1.807) is 27.9 Å². The third-order valence-corrected chi connectivity index (χ3v) is 6.13. The Morgan fingerprint density at radius 3 is 2.63 bits per heavy atom. The van der Waals surface area contributed by atoms with Gasteiger partial charge in [-0.05, 0) is 39.8 Å². The lowest BCUT2D eigenvalue weighted by molar-refractivity contribution is -0.134. The first-order valence-electron chi connectivity index (χ1n) is 9.86. The average Bonchev–Trinajstić information content (AvgIpc) is 2.95. The molecule has 1 aromatic heterocycles. The van der Waals surface area contributed by atoms with Gasteiger partial charge in [-0.3, -0.25) is 9.48 Å². The topological polar surface area (TPSA) is 70.8 Å². The number of ether oxygens (including phenoxy) is 1. The van der Waals surface area contributed by atoms with Crippen molar-refractivity contribution in [2.45, 2.75) is 45.9 Å². The third kappa shape index (κ3) is 4.53. The number of carbonyl (C=O) groups is 1. The molecule has 2 heterocycles. The fourth-order valence-electron chi connectivity index (χ4n) is 3.89. The molecule has 0 bridgehead atoms. The maximum Gasteiger partial charge on any atom is 0.244 e. The summed E-state index contributed by atoms with van der Waals surface area (Å²) in [5, 5.41) is 15.8. The molecular weight excluding hydrogens is 427 g/mol. The molecule has 1 aliphatic heterocycles. The molecule has 1 amide bonds. The summed E-state index contributed by atoms with van der Waals surface area (Å²) in [5.74, 6) is 0.575. The molecule has 1 aromatic carbocycles. The number of piperazine rings is 1. The summed E-state index contributed by atoms with van der Waals surface area (Å²) in [4.78, 5) is 17.1. The standard InChI is InChI=1S/C21H28Cl2N4O3/c1-13-11-25(15-6-7-16(22)17(10-15)30-5)8-9-26(13)18(28)12-27-20(21(3,4)29)19(23)14(2)24-27/h6-7,10,13,29H,8-9,11-12H2,1-5H3/t13-/m0/s1. The van der Waals surface area contributed by atoms with E-state index in [-0.39, 0.29) is 18.5 Å². The summed E-state index contributed by atoms with van der Waals surface area (Å²) in [6.07, 6.45) is 0. The van der Waals surface area contributed by atoms with Crippen molar-refractivity contribution in [3.63, 3.8) is 0 Å². The number of rotatable bonds is 5. The van der Waals surface area contributed by atoms with E-state index in [1.807, 2.05) is 30.0 Å². The van der Waals surface area contributed by atoms with Crippen LogP contribution >= 0.6 is 23.2 Å². The summed E-state index contributed by atoms with van der Waals surface area (Å²) in [5.41, 5.74) is 0.857. The molecule has 0 aliphatic carbocycles. The highest BCUT2D eigenvalue weighted by Crippen LogP contribution is 2.32. The molecule has 164 valence electrons. The van der Waals surface area contributed by atoms with Crippen molar-refractivity contribution in [1.29, 1.82) is 0 Å². The number of halogens is 2. The zero-order valence-electron chi connectivity index (χ0n) is 17.9. The Morgan fingerprint density at radius 2 is 2.03 bits per heavy atom. The van der Waals surface area contributed by atoms with Crippen molar-refractivity contribution < 1.29 is 14.6 Å². The van der Waals surface area contributed by atoms with Crippen LogP contribution in [0.4, 0.5) is 5.69 Å². The van der Waals surface area contributed by atoms with E-state index in [0.29, 0.717) is 46.8 Å². The minimum absolute atomic E-state index is 0.00522. The summed E-state index contributed by atoms with van der Waals surface area (Å²) in [6.45, 7) is 9.06. The smallest absolute Gasteiger partial charge is 0.244 e. The lowest BCUT2D eigenvalue weighted by Crippen LogP contribution is -2.55. The van der Waals surface area contributed by atoms with Gasteiger partial charge in [0, 0.05) is 37.4 Å². The van der Waals surface area contributed by atoms with Gasteiger partial charge in [0.2, 0.25) is 5.91 Å². The number of amides is 1. The number of aryl methyl sites for hydroxylation is 1. The van der Waals surface area contributed by atoms with Crippen LogP contribution in [0, 0.1) is 6.92 Å². The Labute approximate surface area is 187 Å². The van der Waals surface area contributed by atoms with Crippen LogP contribution in [0.3, 0.4) is 0 Å². The van der Waals surface area contributed by atoms with Gasteiger partial charge < -0.3 is 19.6 Å². The normalized spacial score (nSPS) is 17.4. The van der Waals surface area contributed by atoms with Gasteiger partial charge in [0.15, 0.2) is 0 Å². The van der Waals surface area contributed by atoms with Gasteiger partial charge in [-0.25, -0.2) is 0 Å². The van der Waals surface area contributed by atoms with Crippen LogP contribution < -0.4 is 9.64 Å². The SMILES string of the molecule is COc1cc(N2CCN(C(=O)Cn3nc(C)c(Cl)c3C(C)(C)O)[C@@H](C)C2)ccc1Cl. The largest absolute Gasteiger partial charge is 0.495 e. The van der Waals surface area contributed by atoms with E-state index in [1.165, 1.54) is 4.68 Å². The molecular formula is C21H28Cl2N4O3. The van der Waals surface area contributed by atoms with Crippen molar-refractivity contribution in [2.24, 2.45) is 0 Å². The monoisotopic (exact) mass is 454 g/mol. The number of nitrogens with zero attached hydrogens (tertiary/aromatic N) is 4. The Hall–Kier alpha value is -1.96. The van der Waals surface area contributed by atoms with Crippen LogP contribution in [0.2, 0.25) is 10.0 Å². The van der Waals surface area contributed by atoms with Crippen LogP contribution in [0.5, 0.6) is 5.75 Å². The Bertz CT molecular complexity index is 939. The lowest BCUT2D eigenvalue weighted by atomic mass is 10.1. The van der Waals surface area contributed by atoms with Crippen LogP contribution in [-0.2, 0) is 16.9 Å². The van der Waals surface area contributed by atoms with E-state index in [2.05, 4.69) is 10.00 Å². The van der Waals surface area contributed by atoms with Gasteiger partial charge >= 0.3 is 0 Å². The van der Waals surface area contributed by atoms with Crippen LogP contribution in [0.1, 0.15) is 32.2 Å². The first-order valence-corrected chi connectivity index (χ1v) is 10.6. The van der Waals surface area contributed by atoms with E-state index in [9.17, 15) is 9.90 Å². The Kier molecular flexibility index (Phi) is 6.55. The highest BCUT2D eigenvalue weighted by Gasteiger charge is 2.31. The predicted octanol–water partition coefficient (Wildman–Crippen LogP) is 3.47. The van der Waals surface area contributed by atoms with Crippen LogP contribution in [0.15, 0.2) is 18.2 Å². The molecule has 0 spiro atoms. The van der Waals surface area contributed by atoms with Gasteiger partial charge in [-0.2, -0.15) is 5.10 Å². The molecule has 1 saturated heterocycles. The second-order valence-electron chi connectivity index (χ2n) is 8.17. The maximum atomic E-state index is 13.1. The highest BCUT2D eigenvalue weighted by atomic mass is 35.5. The number of aliphatic hydroxyl groups is 1. The van der Waals surface area contributed by atoms with Gasteiger partial charge in [-0.15, -0.1) is 0 Å². The van der Waals surface area contributed by atoms with Gasteiger partial charge in [0.1, 0.15) is 17.9 Å². The van der Waals surface area contributed by atoms with Crippen molar-refractivity contribution in [3.8, 4) is 5.75 Å². The van der Waals surface area contributed by atoms with E-state index >= 15 is 0 Å². The van der Waals surface area contributed by atoms with Crippen LogP contribution in [0.25, 0.3) is 0 Å². The zero-order chi connectivity index (χ0) is 22.2. The summed E-state index contributed by atoms with van der Waals surface area (Å²) >= 11 is 12.5. The zero-order valence-corrected chi connectivity index (χ0v) is 19.5. The minimum atomic E-state index is -1.20. The number of aromatic nitrogens is 2. The molecule has 1 atom stereocenters. The fourth-order valence-corrected chi connectivity index (χ4v) is 4.45. The molecule has 9 heteroatoms. The molecule has 0 unspecified atom stereocenters. The first kappa shape index (κ1) is 22.7. The van der Waals surface area contributed by atoms with Gasteiger partial charge in [0.25, 0.3) is 0 Å². The Balaban J connectivity index is 1.72. The molecule has 2 aromatic rings. The van der Waals surface area contributed by atoms with E-state index in [0.717, 1.165) is 5.69 Å². The van der Waals surface area contributed by atoms with Gasteiger partial charge in [-0.1, -0.05) is 23.2 Å². The summed E-state index contributed by atoms with van der Waals surface area (Å²) in [6, 6.07) is 5.70. The quantitative estimate of drug-likeness (QED) is 0.748. The third-order valence-electron chi connectivity index (χ3n) is 5.37. The van der Waals surface area contributed by atoms with Crippen molar-refractivity contribution >= 4 is 34.8 Å². The number of carbonyl (C=O) groups excluding carboxylic acids is 1. The summed E-state index contributed by atoms with van der Waals surface area (Å²) < 4.78 is 6.83. The maximum absolute atomic E-state index is 13.1. The van der Waals surface area contributed by atoms with Crippen LogP contribution in [-0.4, -0.2) is 58.5 Å². The molecule has 30 heavy (non-hydrogen) atoms. The molecule has 7 nitrogen and oxygen atoms in total. The Morgan fingerprint density at radius 1 is 1.33 bits per heavy atom. The molecule has 0 saturated carbocycles. The van der Waals surface area contributed by atoms with Crippen molar-refractivity contribution in [3.05, 3.63) is 39.6 Å². The lowest BCUT2D eigenvalue weighted by Gasteiger charge is -2.41. The molecule has 1 N–H and O–H groups in total. The fraction of sp³-hybridized carbons (Fsp3) is 0.524. The summed E-state index contributed by atoms with van der Waals surface area (Å²) in [7, 11) is 1.59. The van der Waals surface area contributed by atoms with E-state index in [4.69, 9.17) is 27.9 Å². The molecule has 1 fully saturated rings. The molecule has 1 aliphatic rings. The average molecular weight is 455 g/mol. The highest BCUT2D eigenvalue weighted by molar-refractivity contribution is 6.32. The minimum Gasteiger partial charge on any atom is -0.495 e.